The van der Waals surface area contributed by atoms with Crippen molar-refractivity contribution in [3.63, 3.8) is 0 Å². The highest BCUT2D eigenvalue weighted by atomic mass is 16.5. The Labute approximate surface area is 199 Å². The van der Waals surface area contributed by atoms with Crippen LogP contribution in [0.25, 0.3) is 33.7 Å². The van der Waals surface area contributed by atoms with Crippen LogP contribution in [0, 0.1) is 0 Å². The molecular formula is C26H20N6O3. The Hall–Kier alpha value is -4.92. The number of ether oxygens (including phenoxy) is 1. The molecule has 3 aromatic heterocycles. The number of nitrogens with one attached hydrogen (secondary N) is 2. The van der Waals surface area contributed by atoms with Gasteiger partial charge >= 0.3 is 0 Å². The monoisotopic (exact) mass is 464 g/mol. The summed E-state index contributed by atoms with van der Waals surface area (Å²) in [6.07, 6.45) is 1.35. The maximum Gasteiger partial charge on any atom is 0.256 e. The quantitative estimate of drug-likeness (QED) is 0.364. The van der Waals surface area contributed by atoms with Gasteiger partial charge in [0.05, 0.1) is 24.7 Å². The second-order valence-electron chi connectivity index (χ2n) is 8.01. The minimum Gasteiger partial charge on any atom is -0.497 e. The molecule has 0 aliphatic heterocycles. The summed E-state index contributed by atoms with van der Waals surface area (Å²) in [6.45, 7) is 0.483. The van der Waals surface area contributed by atoms with Gasteiger partial charge in [-0.25, -0.2) is 9.97 Å². The summed E-state index contributed by atoms with van der Waals surface area (Å²) in [5, 5.41) is 7.56. The number of carbonyl (C=O) groups is 1. The van der Waals surface area contributed by atoms with E-state index in [0.717, 1.165) is 28.0 Å². The number of hydrogen-bond donors (Lipinski definition) is 2. The topological polar surface area (TPSA) is 111 Å². The number of anilines is 1. The Balaban J connectivity index is 1.35. The van der Waals surface area contributed by atoms with E-state index in [4.69, 9.17) is 14.1 Å². The Morgan fingerprint density at radius 3 is 2.74 bits per heavy atom. The molecule has 1 amide bonds. The van der Waals surface area contributed by atoms with Crippen LogP contribution in [0.5, 0.6) is 5.75 Å². The first-order valence-electron chi connectivity index (χ1n) is 11.0. The molecule has 0 radical (unpaired) electrons. The number of aromatic nitrogens is 5. The maximum atomic E-state index is 13.0. The van der Waals surface area contributed by atoms with Crippen molar-refractivity contribution in [3.05, 3.63) is 90.3 Å². The van der Waals surface area contributed by atoms with Crippen molar-refractivity contribution in [2.75, 3.05) is 12.4 Å². The number of imidazole rings is 1. The lowest BCUT2D eigenvalue weighted by Crippen LogP contribution is -2.13. The van der Waals surface area contributed by atoms with Crippen LogP contribution in [0.4, 0.5) is 5.82 Å². The van der Waals surface area contributed by atoms with Gasteiger partial charge in [-0.3, -0.25) is 9.48 Å². The summed E-state index contributed by atoms with van der Waals surface area (Å²) in [6, 6.07) is 22.5. The van der Waals surface area contributed by atoms with Crippen LogP contribution < -0.4 is 10.1 Å². The molecule has 6 aromatic rings. The molecule has 9 nitrogen and oxygen atoms in total. The minimum absolute atomic E-state index is 0.292. The summed E-state index contributed by atoms with van der Waals surface area (Å²) >= 11 is 0. The van der Waals surface area contributed by atoms with E-state index in [1.165, 1.54) is 6.39 Å². The first kappa shape index (κ1) is 20.7. The lowest BCUT2D eigenvalue weighted by molar-refractivity contribution is 0.102. The van der Waals surface area contributed by atoms with E-state index in [-0.39, 0.29) is 5.91 Å². The number of amides is 1. The average molecular weight is 464 g/mol. The van der Waals surface area contributed by atoms with Crippen LogP contribution in [0.3, 0.4) is 0 Å². The van der Waals surface area contributed by atoms with Crippen LogP contribution in [-0.4, -0.2) is 37.7 Å². The second kappa shape index (κ2) is 8.45. The zero-order valence-electron chi connectivity index (χ0n) is 18.7. The fourth-order valence-corrected chi connectivity index (χ4v) is 3.95. The molecule has 0 saturated heterocycles. The zero-order chi connectivity index (χ0) is 23.8. The molecule has 0 atom stereocenters. The predicted molar refractivity (Wildman–Crippen MR) is 131 cm³/mol. The molecular weight excluding hydrogens is 444 g/mol. The highest BCUT2D eigenvalue weighted by Gasteiger charge is 2.17. The number of oxazole rings is 1. The molecule has 0 unspecified atom stereocenters. The third-order valence-corrected chi connectivity index (χ3v) is 5.74. The first-order chi connectivity index (χ1) is 17.2. The number of hydrogen-bond acceptors (Lipinski definition) is 6. The highest BCUT2D eigenvalue weighted by Crippen LogP contribution is 2.25. The summed E-state index contributed by atoms with van der Waals surface area (Å²) in [7, 11) is 1.64. The molecule has 0 aliphatic carbocycles. The average Bonchev–Trinajstić information content (AvgIpc) is 3.62. The molecule has 0 fully saturated rings. The van der Waals surface area contributed by atoms with E-state index in [9.17, 15) is 4.79 Å². The van der Waals surface area contributed by atoms with E-state index < -0.39 is 0 Å². The SMILES string of the molecule is COc1ccc(Cn2nc(NC(=O)c3ccc4ocnc4c3)cc2-c2nc3ccccc3[nH]2)cc1. The Morgan fingerprint density at radius 1 is 1.06 bits per heavy atom. The third kappa shape index (κ3) is 3.99. The van der Waals surface area contributed by atoms with Crippen LogP contribution >= 0.6 is 0 Å². The molecule has 0 bridgehead atoms. The number of nitrogens with zero attached hydrogens (tertiary/aromatic N) is 4. The summed E-state index contributed by atoms with van der Waals surface area (Å²) in [4.78, 5) is 25.1. The number of carbonyl (C=O) groups excluding carboxylic acids is 1. The van der Waals surface area contributed by atoms with Crippen molar-refractivity contribution in [1.82, 2.24) is 24.7 Å². The third-order valence-electron chi connectivity index (χ3n) is 5.74. The molecule has 9 heteroatoms. The Morgan fingerprint density at radius 2 is 1.91 bits per heavy atom. The van der Waals surface area contributed by atoms with E-state index in [0.29, 0.717) is 34.9 Å². The van der Waals surface area contributed by atoms with E-state index in [2.05, 4.69) is 20.4 Å². The number of methoxy groups -OCH3 is 1. The fourth-order valence-electron chi connectivity index (χ4n) is 3.95. The number of H-pyrrole nitrogens is 1. The number of rotatable bonds is 6. The smallest absolute Gasteiger partial charge is 0.256 e. The van der Waals surface area contributed by atoms with Crippen molar-refractivity contribution in [3.8, 4) is 17.3 Å². The van der Waals surface area contributed by atoms with E-state index in [1.54, 1.807) is 25.3 Å². The van der Waals surface area contributed by atoms with Crippen molar-refractivity contribution in [2.45, 2.75) is 6.54 Å². The molecule has 0 saturated carbocycles. The second-order valence-corrected chi connectivity index (χ2v) is 8.01. The maximum absolute atomic E-state index is 13.0. The van der Waals surface area contributed by atoms with Gasteiger partial charge in [0.2, 0.25) is 0 Å². The number of para-hydroxylation sites is 2. The fraction of sp³-hybridized carbons (Fsp3) is 0.0769. The molecule has 3 aromatic carbocycles. The van der Waals surface area contributed by atoms with Crippen LogP contribution in [0.15, 0.2) is 83.6 Å². The largest absolute Gasteiger partial charge is 0.497 e. The molecule has 35 heavy (non-hydrogen) atoms. The van der Waals surface area contributed by atoms with Crippen LogP contribution in [0.1, 0.15) is 15.9 Å². The standard InChI is InChI=1S/C26H20N6O3/c1-34-18-9-6-16(7-10-18)14-32-22(25-28-19-4-2-3-5-20(19)29-25)13-24(31-32)30-26(33)17-8-11-23-21(12-17)27-15-35-23/h2-13,15H,14H2,1H3,(H,28,29)(H,30,31,33). The molecule has 2 N–H and O–H groups in total. The predicted octanol–water partition coefficient (Wildman–Crippen LogP) is 4.88. The van der Waals surface area contributed by atoms with Gasteiger partial charge in [0, 0.05) is 11.6 Å². The summed E-state index contributed by atoms with van der Waals surface area (Å²) < 4.78 is 12.3. The van der Waals surface area contributed by atoms with Gasteiger partial charge in [-0.1, -0.05) is 24.3 Å². The normalized spacial score (nSPS) is 11.2. The summed E-state index contributed by atoms with van der Waals surface area (Å²) in [5.74, 6) is 1.57. The van der Waals surface area contributed by atoms with E-state index in [1.807, 2.05) is 59.3 Å². The zero-order valence-corrected chi connectivity index (χ0v) is 18.7. The van der Waals surface area contributed by atoms with E-state index >= 15 is 0 Å². The first-order valence-corrected chi connectivity index (χ1v) is 11.0. The Bertz CT molecular complexity index is 1630. The number of benzene rings is 3. The lowest BCUT2D eigenvalue weighted by atomic mass is 10.2. The van der Waals surface area contributed by atoms with Gasteiger partial charge in [-0.15, -0.1) is 0 Å². The van der Waals surface area contributed by atoms with Gasteiger partial charge < -0.3 is 19.5 Å². The highest BCUT2D eigenvalue weighted by molar-refractivity contribution is 6.05. The number of fused-ring (bicyclic) bond motifs is 2. The van der Waals surface area contributed by atoms with Crippen molar-refractivity contribution in [2.24, 2.45) is 0 Å². The van der Waals surface area contributed by atoms with Gasteiger partial charge in [-0.05, 0) is 48.0 Å². The summed E-state index contributed by atoms with van der Waals surface area (Å²) in [5.41, 5.74) is 5.25. The lowest BCUT2D eigenvalue weighted by Gasteiger charge is -2.07. The minimum atomic E-state index is -0.292. The Kier molecular flexibility index (Phi) is 4.99. The molecule has 172 valence electrons. The van der Waals surface area contributed by atoms with Gasteiger partial charge in [0.25, 0.3) is 5.91 Å². The molecule has 0 aliphatic rings. The van der Waals surface area contributed by atoms with Crippen LogP contribution in [-0.2, 0) is 6.54 Å². The molecule has 6 rings (SSSR count). The van der Waals surface area contributed by atoms with Gasteiger partial charge in [-0.2, -0.15) is 5.10 Å². The van der Waals surface area contributed by atoms with Crippen molar-refractivity contribution in [1.29, 1.82) is 0 Å². The molecule has 0 spiro atoms. The van der Waals surface area contributed by atoms with Crippen molar-refractivity contribution >= 4 is 33.9 Å². The van der Waals surface area contributed by atoms with Gasteiger partial charge in [0.15, 0.2) is 23.6 Å². The molecule has 3 heterocycles. The van der Waals surface area contributed by atoms with Gasteiger partial charge in [0.1, 0.15) is 17.0 Å². The van der Waals surface area contributed by atoms with Crippen LogP contribution in [0.2, 0.25) is 0 Å². The van der Waals surface area contributed by atoms with Crippen molar-refractivity contribution < 1.29 is 13.9 Å². The number of aromatic amines is 1.